The normalized spacial score (nSPS) is 12.5. The van der Waals surface area contributed by atoms with E-state index in [1.165, 1.54) is 31.4 Å². The third-order valence-corrected chi connectivity index (χ3v) is 5.47. The fraction of sp³-hybridized carbons (Fsp3) is 0.500. The molecule has 0 saturated heterocycles. The lowest BCUT2D eigenvalue weighted by Crippen LogP contribution is -2.19. The van der Waals surface area contributed by atoms with Gasteiger partial charge < -0.3 is 18.5 Å². The number of benzene rings is 1. The summed E-state index contributed by atoms with van der Waals surface area (Å²) in [4.78, 5) is 23.9. The molecule has 0 radical (unpaired) electrons. The van der Waals surface area contributed by atoms with Crippen molar-refractivity contribution in [2.75, 3.05) is 26.9 Å². The molecular weight excluding hydrogens is 335 g/mol. The molecule has 0 aliphatic heterocycles. The number of hydrogen-bond acceptors (Lipinski definition) is 7. The van der Waals surface area contributed by atoms with E-state index < -0.39 is 25.2 Å². The van der Waals surface area contributed by atoms with Crippen LogP contribution in [-0.4, -0.2) is 38.9 Å². The molecule has 0 aliphatic carbocycles. The third-order valence-electron chi connectivity index (χ3n) is 3.09. The van der Waals surface area contributed by atoms with E-state index in [0.29, 0.717) is 11.1 Å². The van der Waals surface area contributed by atoms with Crippen molar-refractivity contribution in [3.8, 4) is 0 Å². The van der Waals surface area contributed by atoms with Gasteiger partial charge in [-0.3, -0.25) is 9.36 Å². The Morgan fingerprint density at radius 3 is 1.96 bits per heavy atom. The van der Waals surface area contributed by atoms with Crippen molar-refractivity contribution in [1.82, 2.24) is 0 Å². The van der Waals surface area contributed by atoms with Crippen LogP contribution in [0.15, 0.2) is 24.3 Å². The fourth-order valence-corrected chi connectivity index (χ4v) is 4.10. The number of hydrogen-bond donors (Lipinski definition) is 0. The van der Waals surface area contributed by atoms with E-state index in [9.17, 15) is 14.2 Å². The molecule has 0 spiro atoms. The second-order valence-corrected chi connectivity index (χ2v) is 6.76. The van der Waals surface area contributed by atoms with Gasteiger partial charge in [0.15, 0.2) is 5.66 Å². The highest BCUT2D eigenvalue weighted by Crippen LogP contribution is 2.61. The van der Waals surface area contributed by atoms with Crippen LogP contribution in [0.4, 0.5) is 0 Å². The predicted molar refractivity (Wildman–Crippen MR) is 88.0 cm³/mol. The van der Waals surface area contributed by atoms with Crippen LogP contribution in [-0.2, 0) is 27.9 Å². The van der Waals surface area contributed by atoms with Crippen molar-refractivity contribution in [3.05, 3.63) is 35.4 Å². The van der Waals surface area contributed by atoms with Gasteiger partial charge in [0.05, 0.1) is 32.5 Å². The van der Waals surface area contributed by atoms with Crippen molar-refractivity contribution in [2.24, 2.45) is 0 Å². The zero-order valence-electron chi connectivity index (χ0n) is 14.3. The Morgan fingerprint density at radius 2 is 1.54 bits per heavy atom. The van der Waals surface area contributed by atoms with Crippen molar-refractivity contribution in [3.63, 3.8) is 0 Å². The SMILES string of the molecule is CCOC(=O)C(c1ccc(C(=O)OC)cc1)P(=O)(OCC)OCC. The fourth-order valence-electron chi connectivity index (χ4n) is 2.13. The number of rotatable bonds is 9. The van der Waals surface area contributed by atoms with E-state index in [0.717, 1.165) is 0 Å². The van der Waals surface area contributed by atoms with Gasteiger partial charge in [0.25, 0.3) is 0 Å². The number of carbonyl (C=O) groups is 2. The maximum Gasteiger partial charge on any atom is 0.349 e. The standard InChI is InChI=1S/C16H23O7P/c1-5-21-16(18)14(24(19,22-6-2)23-7-3)12-8-10-13(11-9-12)15(17)20-4/h8-11,14H,5-7H2,1-4H3. The number of esters is 2. The number of methoxy groups -OCH3 is 1. The molecule has 0 aliphatic rings. The Balaban J connectivity index is 3.29. The van der Waals surface area contributed by atoms with E-state index in [4.69, 9.17) is 13.8 Å². The van der Waals surface area contributed by atoms with E-state index in [-0.39, 0.29) is 19.8 Å². The van der Waals surface area contributed by atoms with Gasteiger partial charge in [-0.2, -0.15) is 0 Å². The second-order valence-electron chi connectivity index (χ2n) is 4.64. The highest BCUT2D eigenvalue weighted by Gasteiger charge is 2.43. The summed E-state index contributed by atoms with van der Waals surface area (Å²) in [6.45, 7) is 5.35. The molecule has 0 heterocycles. The minimum Gasteiger partial charge on any atom is -0.465 e. The minimum absolute atomic E-state index is 0.118. The Hall–Kier alpha value is -1.69. The highest BCUT2D eigenvalue weighted by molar-refractivity contribution is 7.55. The predicted octanol–water partition coefficient (Wildman–Crippen LogP) is 3.34. The van der Waals surface area contributed by atoms with E-state index in [2.05, 4.69) is 4.74 Å². The van der Waals surface area contributed by atoms with Gasteiger partial charge in [0.2, 0.25) is 0 Å². The number of ether oxygens (including phenoxy) is 2. The Morgan fingerprint density at radius 1 is 1.00 bits per heavy atom. The van der Waals surface area contributed by atoms with Crippen LogP contribution in [0.2, 0.25) is 0 Å². The molecule has 24 heavy (non-hydrogen) atoms. The molecular formula is C16H23O7P. The molecule has 0 saturated carbocycles. The molecule has 1 aromatic rings. The lowest BCUT2D eigenvalue weighted by atomic mass is 10.1. The summed E-state index contributed by atoms with van der Waals surface area (Å²) in [5.74, 6) is -1.21. The lowest BCUT2D eigenvalue weighted by molar-refractivity contribution is -0.143. The molecule has 0 fully saturated rings. The molecule has 1 atom stereocenters. The quantitative estimate of drug-likeness (QED) is 0.494. The smallest absolute Gasteiger partial charge is 0.349 e. The summed E-state index contributed by atoms with van der Waals surface area (Å²) >= 11 is 0. The molecule has 134 valence electrons. The average Bonchev–Trinajstić information content (AvgIpc) is 2.55. The van der Waals surface area contributed by atoms with Gasteiger partial charge in [-0.25, -0.2) is 4.79 Å². The van der Waals surface area contributed by atoms with Crippen LogP contribution >= 0.6 is 7.60 Å². The van der Waals surface area contributed by atoms with Crippen LogP contribution < -0.4 is 0 Å². The van der Waals surface area contributed by atoms with Gasteiger partial charge >= 0.3 is 19.5 Å². The molecule has 1 aromatic carbocycles. The molecule has 1 rings (SSSR count). The summed E-state index contributed by atoms with van der Waals surface area (Å²) in [6.07, 6.45) is 0. The maximum atomic E-state index is 13.1. The van der Waals surface area contributed by atoms with Crippen molar-refractivity contribution >= 4 is 19.5 Å². The third kappa shape index (κ3) is 4.90. The van der Waals surface area contributed by atoms with Gasteiger partial charge in [0.1, 0.15) is 0 Å². The second kappa shape index (κ2) is 9.57. The van der Waals surface area contributed by atoms with Crippen LogP contribution in [0.3, 0.4) is 0 Å². The van der Waals surface area contributed by atoms with E-state index in [1.807, 2.05) is 0 Å². The van der Waals surface area contributed by atoms with Gasteiger partial charge in [-0.15, -0.1) is 0 Å². The minimum atomic E-state index is -3.77. The van der Waals surface area contributed by atoms with Crippen molar-refractivity contribution < 1.29 is 32.7 Å². The summed E-state index contributed by atoms with van der Waals surface area (Å²) in [5.41, 5.74) is -0.526. The Bertz CT molecular complexity index is 587. The van der Waals surface area contributed by atoms with Crippen molar-refractivity contribution in [1.29, 1.82) is 0 Å². The molecule has 0 amide bonds. The summed E-state index contributed by atoms with van der Waals surface area (Å²) < 4.78 is 33.3. The zero-order chi connectivity index (χ0) is 18.2. The van der Waals surface area contributed by atoms with Crippen LogP contribution in [0, 0.1) is 0 Å². The first-order valence-corrected chi connectivity index (χ1v) is 9.28. The first kappa shape index (κ1) is 20.4. The van der Waals surface area contributed by atoms with Crippen molar-refractivity contribution in [2.45, 2.75) is 26.4 Å². The van der Waals surface area contributed by atoms with E-state index in [1.54, 1.807) is 20.8 Å². The highest BCUT2D eigenvalue weighted by atomic mass is 31.2. The van der Waals surface area contributed by atoms with Gasteiger partial charge in [-0.05, 0) is 38.5 Å². The molecule has 7 nitrogen and oxygen atoms in total. The Labute approximate surface area is 141 Å². The molecule has 8 heteroatoms. The van der Waals surface area contributed by atoms with E-state index >= 15 is 0 Å². The topological polar surface area (TPSA) is 88.1 Å². The first-order valence-electron chi connectivity index (χ1n) is 7.67. The van der Waals surface area contributed by atoms with Crippen LogP contribution in [0.1, 0.15) is 42.4 Å². The largest absolute Gasteiger partial charge is 0.465 e. The molecule has 0 bridgehead atoms. The van der Waals surface area contributed by atoms with Crippen LogP contribution in [0.5, 0.6) is 0 Å². The Kier molecular flexibility index (Phi) is 8.11. The van der Waals surface area contributed by atoms with Gasteiger partial charge in [-0.1, -0.05) is 12.1 Å². The summed E-state index contributed by atoms with van der Waals surface area (Å²) in [7, 11) is -2.50. The summed E-state index contributed by atoms with van der Waals surface area (Å²) in [5, 5.41) is 0. The average molecular weight is 358 g/mol. The monoisotopic (exact) mass is 358 g/mol. The van der Waals surface area contributed by atoms with Gasteiger partial charge in [0, 0.05) is 0 Å². The zero-order valence-corrected chi connectivity index (χ0v) is 15.2. The van der Waals surface area contributed by atoms with Crippen LogP contribution in [0.25, 0.3) is 0 Å². The first-order chi connectivity index (χ1) is 11.4. The number of carbonyl (C=O) groups excluding carboxylic acids is 2. The maximum absolute atomic E-state index is 13.1. The summed E-state index contributed by atoms with van der Waals surface area (Å²) in [6, 6.07) is 5.99. The molecule has 0 aromatic heterocycles. The lowest BCUT2D eigenvalue weighted by Gasteiger charge is -2.25. The molecule has 0 N–H and O–H groups in total. The molecule has 1 unspecified atom stereocenters.